The molecule has 0 aromatic heterocycles. The van der Waals surface area contributed by atoms with Crippen molar-refractivity contribution in [2.24, 2.45) is 5.92 Å². The van der Waals surface area contributed by atoms with Crippen molar-refractivity contribution >= 4 is 5.69 Å². The summed E-state index contributed by atoms with van der Waals surface area (Å²) in [5.41, 5.74) is 0.413. The van der Waals surface area contributed by atoms with Crippen molar-refractivity contribution < 1.29 is 9.31 Å². The Hall–Kier alpha value is -1.49. The molecule has 5 heteroatoms. The van der Waals surface area contributed by atoms with E-state index in [1.165, 1.54) is 31.4 Å². The number of halogens is 1. The molecule has 2 atom stereocenters. The van der Waals surface area contributed by atoms with Crippen LogP contribution in [-0.4, -0.2) is 17.5 Å². The maximum absolute atomic E-state index is 13.7. The monoisotopic (exact) mass is 294 g/mol. The van der Waals surface area contributed by atoms with Crippen molar-refractivity contribution in [3.63, 3.8) is 0 Å². The molecule has 2 rings (SSSR count). The van der Waals surface area contributed by atoms with Gasteiger partial charge in [-0.3, -0.25) is 10.1 Å². The summed E-state index contributed by atoms with van der Waals surface area (Å²) in [5.74, 6) is -0.251. The molecule has 0 saturated heterocycles. The van der Waals surface area contributed by atoms with Crippen LogP contribution in [0.15, 0.2) is 18.2 Å². The molecule has 4 nitrogen and oxygen atoms in total. The fourth-order valence-corrected chi connectivity index (χ4v) is 3.29. The van der Waals surface area contributed by atoms with Crippen molar-refractivity contribution in [2.75, 3.05) is 6.54 Å². The summed E-state index contributed by atoms with van der Waals surface area (Å²) in [6.07, 6.45) is 6.79. The fourth-order valence-electron chi connectivity index (χ4n) is 3.29. The second-order valence-corrected chi connectivity index (χ2v) is 5.81. The van der Waals surface area contributed by atoms with E-state index in [1.807, 2.05) is 0 Å². The van der Waals surface area contributed by atoms with Gasteiger partial charge in [0.2, 0.25) is 5.82 Å². The van der Waals surface area contributed by atoms with Crippen LogP contribution in [0, 0.1) is 21.8 Å². The predicted molar refractivity (Wildman–Crippen MR) is 80.8 cm³/mol. The van der Waals surface area contributed by atoms with E-state index >= 15 is 0 Å². The average Bonchev–Trinajstić information content (AvgIpc) is 2.65. The molecule has 1 aliphatic rings. The number of nitrogens with one attached hydrogen (secondary N) is 1. The van der Waals surface area contributed by atoms with Crippen LogP contribution in [0.5, 0.6) is 0 Å². The van der Waals surface area contributed by atoms with Crippen molar-refractivity contribution in [3.8, 4) is 0 Å². The highest BCUT2D eigenvalue weighted by molar-refractivity contribution is 5.35. The summed E-state index contributed by atoms with van der Waals surface area (Å²) in [5, 5.41) is 14.2. The lowest BCUT2D eigenvalue weighted by atomic mass is 9.88. The van der Waals surface area contributed by atoms with Gasteiger partial charge in [-0.15, -0.1) is 0 Å². The van der Waals surface area contributed by atoms with Gasteiger partial charge in [0, 0.05) is 12.1 Å². The zero-order valence-corrected chi connectivity index (χ0v) is 12.5. The summed E-state index contributed by atoms with van der Waals surface area (Å²) in [4.78, 5) is 9.99. The molecule has 0 spiro atoms. The Labute approximate surface area is 124 Å². The summed E-state index contributed by atoms with van der Waals surface area (Å²) >= 11 is 0. The highest BCUT2D eigenvalue weighted by Gasteiger charge is 2.24. The van der Waals surface area contributed by atoms with Crippen LogP contribution in [0.2, 0.25) is 0 Å². The number of nitro groups is 1. The SMILES string of the molecule is CCNC1CCCCCC1Cc1ccc([N+](=O)[O-])c(F)c1. The first-order chi connectivity index (χ1) is 10.1. The van der Waals surface area contributed by atoms with Gasteiger partial charge in [0.1, 0.15) is 0 Å². The summed E-state index contributed by atoms with van der Waals surface area (Å²) in [7, 11) is 0. The third-order valence-electron chi connectivity index (χ3n) is 4.33. The Kier molecular flexibility index (Phi) is 5.67. The largest absolute Gasteiger partial charge is 0.314 e. The molecule has 0 aliphatic heterocycles. The van der Waals surface area contributed by atoms with Gasteiger partial charge < -0.3 is 5.32 Å². The molecule has 1 aromatic rings. The maximum Gasteiger partial charge on any atom is 0.304 e. The van der Waals surface area contributed by atoms with Crippen molar-refractivity contribution in [2.45, 2.75) is 51.5 Å². The van der Waals surface area contributed by atoms with Crippen LogP contribution in [0.25, 0.3) is 0 Å². The van der Waals surface area contributed by atoms with E-state index in [4.69, 9.17) is 0 Å². The van der Waals surface area contributed by atoms with Crippen LogP contribution in [0.1, 0.15) is 44.6 Å². The lowest BCUT2D eigenvalue weighted by Crippen LogP contribution is -2.36. The number of nitro benzene ring substituents is 1. The van der Waals surface area contributed by atoms with Gasteiger partial charge in [-0.1, -0.05) is 32.3 Å². The molecule has 0 radical (unpaired) electrons. The molecule has 116 valence electrons. The van der Waals surface area contributed by atoms with Gasteiger partial charge in [0.05, 0.1) is 4.92 Å². The number of nitrogens with zero attached hydrogens (tertiary/aromatic N) is 1. The minimum absolute atomic E-state index is 0.442. The first kappa shape index (κ1) is 15.9. The Morgan fingerprint density at radius 3 is 2.76 bits per heavy atom. The van der Waals surface area contributed by atoms with Crippen molar-refractivity contribution in [1.29, 1.82) is 0 Å². The number of benzene rings is 1. The third-order valence-corrected chi connectivity index (χ3v) is 4.33. The van der Waals surface area contributed by atoms with Crippen molar-refractivity contribution in [1.82, 2.24) is 5.32 Å². The first-order valence-corrected chi connectivity index (χ1v) is 7.78. The summed E-state index contributed by atoms with van der Waals surface area (Å²) < 4.78 is 13.7. The average molecular weight is 294 g/mol. The molecule has 1 aromatic carbocycles. The summed E-state index contributed by atoms with van der Waals surface area (Å²) in [6, 6.07) is 4.76. The van der Waals surface area contributed by atoms with Gasteiger partial charge in [0.15, 0.2) is 0 Å². The van der Waals surface area contributed by atoms with E-state index in [9.17, 15) is 14.5 Å². The van der Waals surface area contributed by atoms with Crippen LogP contribution < -0.4 is 5.32 Å². The number of hydrogen-bond acceptors (Lipinski definition) is 3. The van der Waals surface area contributed by atoms with Gasteiger partial charge >= 0.3 is 5.69 Å². The lowest BCUT2D eigenvalue weighted by Gasteiger charge is -2.26. The molecule has 1 N–H and O–H groups in total. The fraction of sp³-hybridized carbons (Fsp3) is 0.625. The quantitative estimate of drug-likeness (QED) is 0.510. The van der Waals surface area contributed by atoms with E-state index < -0.39 is 16.4 Å². The second kappa shape index (κ2) is 7.50. The van der Waals surface area contributed by atoms with Crippen molar-refractivity contribution in [3.05, 3.63) is 39.7 Å². The molecular weight excluding hydrogens is 271 g/mol. The van der Waals surface area contributed by atoms with Crippen LogP contribution in [-0.2, 0) is 6.42 Å². The van der Waals surface area contributed by atoms with Gasteiger partial charge in [-0.25, -0.2) is 0 Å². The van der Waals surface area contributed by atoms with E-state index in [-0.39, 0.29) is 0 Å². The highest BCUT2D eigenvalue weighted by Crippen LogP contribution is 2.28. The first-order valence-electron chi connectivity index (χ1n) is 7.78. The van der Waals surface area contributed by atoms with Crippen LogP contribution >= 0.6 is 0 Å². The Morgan fingerprint density at radius 2 is 2.10 bits per heavy atom. The van der Waals surface area contributed by atoms with Gasteiger partial charge in [-0.2, -0.15) is 4.39 Å². The number of rotatable bonds is 5. The zero-order valence-electron chi connectivity index (χ0n) is 12.5. The van der Waals surface area contributed by atoms with E-state index in [2.05, 4.69) is 12.2 Å². The smallest absolute Gasteiger partial charge is 0.304 e. The molecule has 0 bridgehead atoms. The minimum Gasteiger partial charge on any atom is -0.314 e. The number of hydrogen-bond donors (Lipinski definition) is 1. The Bertz CT molecular complexity index is 493. The standard InChI is InChI=1S/C16H23FN2O2/c1-2-18-15-7-5-3-4-6-13(15)10-12-8-9-16(19(20)21)14(17)11-12/h8-9,11,13,15,18H,2-7,10H2,1H3. The molecule has 2 unspecified atom stereocenters. The van der Waals surface area contributed by atoms with Crippen LogP contribution in [0.4, 0.5) is 10.1 Å². The molecular formula is C16H23FN2O2. The lowest BCUT2D eigenvalue weighted by molar-refractivity contribution is -0.387. The van der Waals surface area contributed by atoms with E-state index in [0.717, 1.165) is 31.4 Å². The molecule has 0 amide bonds. The zero-order chi connectivity index (χ0) is 15.2. The minimum atomic E-state index is -0.730. The Balaban J connectivity index is 2.11. The van der Waals surface area contributed by atoms with Crippen LogP contribution in [0.3, 0.4) is 0 Å². The van der Waals surface area contributed by atoms with E-state index in [1.54, 1.807) is 6.07 Å². The molecule has 0 heterocycles. The third kappa shape index (κ3) is 4.24. The molecule has 21 heavy (non-hydrogen) atoms. The summed E-state index contributed by atoms with van der Waals surface area (Å²) in [6.45, 7) is 3.04. The predicted octanol–water partition coefficient (Wildman–Crippen LogP) is 3.83. The Morgan fingerprint density at radius 1 is 1.33 bits per heavy atom. The molecule has 1 saturated carbocycles. The van der Waals surface area contributed by atoms with E-state index in [0.29, 0.717) is 12.0 Å². The normalized spacial score (nSPS) is 22.8. The second-order valence-electron chi connectivity index (χ2n) is 5.81. The topological polar surface area (TPSA) is 55.2 Å². The van der Waals surface area contributed by atoms with Gasteiger partial charge in [-0.05, 0) is 43.4 Å². The molecule has 1 aliphatic carbocycles. The van der Waals surface area contributed by atoms with Gasteiger partial charge in [0.25, 0.3) is 0 Å². The highest BCUT2D eigenvalue weighted by atomic mass is 19.1. The maximum atomic E-state index is 13.7. The molecule has 1 fully saturated rings.